The van der Waals surface area contributed by atoms with Gasteiger partial charge in [0.25, 0.3) is 10.0 Å². The molecule has 0 fully saturated rings. The lowest BCUT2D eigenvalue weighted by atomic mass is 10.2. The molecule has 1 aromatic carbocycles. The molecule has 0 radical (unpaired) electrons. The molecule has 2 rings (SSSR count). The summed E-state index contributed by atoms with van der Waals surface area (Å²) in [5.41, 5.74) is 1.03. The van der Waals surface area contributed by atoms with E-state index in [-0.39, 0.29) is 4.90 Å². The van der Waals surface area contributed by atoms with Crippen LogP contribution in [0.2, 0.25) is 0 Å². The maximum Gasteiger partial charge on any atom is 0.263 e. The maximum atomic E-state index is 12.3. The second-order valence-electron chi connectivity index (χ2n) is 5.30. The van der Waals surface area contributed by atoms with Gasteiger partial charge in [-0.25, -0.2) is 8.42 Å². The molecule has 0 aromatic heterocycles. The number of hydrogen-bond acceptors (Lipinski definition) is 5. The number of rotatable bonds is 6. The van der Waals surface area contributed by atoms with Gasteiger partial charge in [0.05, 0.1) is 11.4 Å². The van der Waals surface area contributed by atoms with Crippen LogP contribution in [0.25, 0.3) is 0 Å². The number of hydrogen-bond donors (Lipinski definition) is 1. The van der Waals surface area contributed by atoms with Crippen LogP contribution in [-0.2, 0) is 10.0 Å². The summed E-state index contributed by atoms with van der Waals surface area (Å²) in [5.74, 6) is 0. The maximum absolute atomic E-state index is 12.3. The molecule has 7 heteroatoms. The van der Waals surface area contributed by atoms with Gasteiger partial charge in [0.15, 0.2) is 5.17 Å². The SMILES string of the molecule is CCN(CC)C/C=C1/CN=C(NS(=O)(=O)c2ccc(C)cc2)S1. The van der Waals surface area contributed by atoms with Crippen molar-refractivity contribution in [3.8, 4) is 0 Å². The highest BCUT2D eigenvalue weighted by Gasteiger charge is 2.20. The van der Waals surface area contributed by atoms with E-state index in [9.17, 15) is 8.42 Å². The zero-order valence-corrected chi connectivity index (χ0v) is 15.4. The van der Waals surface area contributed by atoms with Crippen molar-refractivity contribution in [2.24, 2.45) is 4.99 Å². The highest BCUT2D eigenvalue weighted by atomic mass is 32.2. The molecular weight excluding hydrogens is 330 g/mol. The number of amidine groups is 1. The summed E-state index contributed by atoms with van der Waals surface area (Å²) in [5, 5.41) is 0.441. The molecule has 0 spiro atoms. The Balaban J connectivity index is 1.97. The Labute approximate surface area is 142 Å². The lowest BCUT2D eigenvalue weighted by Gasteiger charge is -2.15. The predicted octanol–water partition coefficient (Wildman–Crippen LogP) is 2.60. The number of aryl methyl sites for hydroxylation is 1. The predicted molar refractivity (Wildman–Crippen MR) is 97.3 cm³/mol. The zero-order valence-electron chi connectivity index (χ0n) is 13.7. The number of thioether (sulfide) groups is 1. The summed E-state index contributed by atoms with van der Waals surface area (Å²) >= 11 is 1.39. The van der Waals surface area contributed by atoms with E-state index in [1.165, 1.54) is 11.8 Å². The third-order valence-corrected chi connectivity index (χ3v) is 6.10. The molecule has 1 heterocycles. The molecule has 1 aliphatic heterocycles. The Hall–Kier alpha value is -1.31. The van der Waals surface area contributed by atoms with Gasteiger partial charge in [-0.2, -0.15) is 0 Å². The topological polar surface area (TPSA) is 61.8 Å². The molecule has 23 heavy (non-hydrogen) atoms. The lowest BCUT2D eigenvalue weighted by Crippen LogP contribution is -2.27. The van der Waals surface area contributed by atoms with Crippen molar-refractivity contribution in [2.75, 3.05) is 26.2 Å². The quantitative estimate of drug-likeness (QED) is 0.854. The van der Waals surface area contributed by atoms with E-state index in [0.717, 1.165) is 30.1 Å². The molecule has 0 amide bonds. The first-order valence-corrected chi connectivity index (χ1v) is 9.97. The largest absolute Gasteiger partial charge is 0.300 e. The Morgan fingerprint density at radius 2 is 1.91 bits per heavy atom. The van der Waals surface area contributed by atoms with Crippen LogP contribution in [0.5, 0.6) is 0 Å². The smallest absolute Gasteiger partial charge is 0.263 e. The van der Waals surface area contributed by atoms with E-state index in [2.05, 4.69) is 34.5 Å². The molecule has 0 atom stereocenters. The zero-order chi connectivity index (χ0) is 16.9. The molecule has 0 saturated heterocycles. The van der Waals surface area contributed by atoms with Gasteiger partial charge in [0.2, 0.25) is 0 Å². The average Bonchev–Trinajstić information content (AvgIpc) is 2.95. The fourth-order valence-corrected chi connectivity index (χ4v) is 4.17. The van der Waals surface area contributed by atoms with Gasteiger partial charge in [0.1, 0.15) is 0 Å². The van der Waals surface area contributed by atoms with Gasteiger partial charge in [-0.15, -0.1) is 0 Å². The number of nitrogens with zero attached hydrogens (tertiary/aromatic N) is 2. The minimum atomic E-state index is -3.56. The monoisotopic (exact) mass is 353 g/mol. The first kappa shape index (κ1) is 18.0. The molecular formula is C16H23N3O2S2. The standard InChI is InChI=1S/C16H23N3O2S2/c1-4-19(5-2)11-10-14-12-17-16(22-14)18-23(20,21)15-8-6-13(3)7-9-15/h6-10H,4-5,11-12H2,1-3H3,(H,17,18)/b14-10-. The summed E-state index contributed by atoms with van der Waals surface area (Å²) in [7, 11) is -3.56. The van der Waals surface area contributed by atoms with Crippen LogP contribution < -0.4 is 4.72 Å². The number of sulfonamides is 1. The van der Waals surface area contributed by atoms with E-state index in [0.29, 0.717) is 11.7 Å². The normalized spacial score (nSPS) is 16.9. The highest BCUT2D eigenvalue weighted by Crippen LogP contribution is 2.24. The Morgan fingerprint density at radius 3 is 2.52 bits per heavy atom. The molecule has 5 nitrogen and oxygen atoms in total. The fraction of sp³-hybridized carbons (Fsp3) is 0.438. The number of benzene rings is 1. The van der Waals surface area contributed by atoms with Crippen molar-refractivity contribution in [1.29, 1.82) is 0 Å². The van der Waals surface area contributed by atoms with E-state index >= 15 is 0 Å². The highest BCUT2D eigenvalue weighted by molar-refractivity contribution is 8.18. The first-order chi connectivity index (χ1) is 10.9. The van der Waals surface area contributed by atoms with E-state index in [4.69, 9.17) is 0 Å². The van der Waals surface area contributed by atoms with E-state index < -0.39 is 10.0 Å². The van der Waals surface area contributed by atoms with Gasteiger partial charge in [-0.05, 0) is 32.1 Å². The van der Waals surface area contributed by atoms with Crippen LogP contribution in [0.3, 0.4) is 0 Å². The minimum Gasteiger partial charge on any atom is -0.300 e. The Morgan fingerprint density at radius 1 is 1.26 bits per heavy atom. The van der Waals surface area contributed by atoms with Crippen LogP contribution in [0.15, 0.2) is 45.1 Å². The number of nitrogens with one attached hydrogen (secondary N) is 1. The van der Waals surface area contributed by atoms with Crippen LogP contribution in [0.1, 0.15) is 19.4 Å². The Bertz CT molecular complexity index is 691. The third kappa shape index (κ3) is 5.09. The molecule has 0 bridgehead atoms. The van der Waals surface area contributed by atoms with Crippen molar-refractivity contribution in [3.63, 3.8) is 0 Å². The number of aliphatic imine (C=N–C) groups is 1. The molecule has 0 unspecified atom stereocenters. The molecule has 0 saturated carbocycles. The van der Waals surface area contributed by atoms with Crippen LogP contribution in [0, 0.1) is 6.92 Å². The summed E-state index contributed by atoms with van der Waals surface area (Å²) < 4.78 is 27.2. The van der Waals surface area contributed by atoms with E-state index in [1.54, 1.807) is 24.3 Å². The average molecular weight is 354 g/mol. The summed E-state index contributed by atoms with van der Waals surface area (Å²) in [6, 6.07) is 6.78. The second-order valence-corrected chi connectivity index (χ2v) is 8.10. The molecule has 1 N–H and O–H groups in total. The van der Waals surface area contributed by atoms with Crippen LogP contribution in [-0.4, -0.2) is 44.7 Å². The molecule has 0 aliphatic carbocycles. The molecule has 126 valence electrons. The van der Waals surface area contributed by atoms with Crippen molar-refractivity contribution >= 4 is 27.0 Å². The van der Waals surface area contributed by atoms with Crippen molar-refractivity contribution < 1.29 is 8.42 Å². The van der Waals surface area contributed by atoms with Gasteiger partial charge in [-0.3, -0.25) is 9.71 Å². The minimum absolute atomic E-state index is 0.256. The number of likely N-dealkylation sites (N-methyl/N-ethyl adjacent to an activating group) is 1. The third-order valence-electron chi connectivity index (χ3n) is 3.63. The Kier molecular flexibility index (Phi) is 6.26. The summed E-state index contributed by atoms with van der Waals surface area (Å²) in [4.78, 5) is 7.91. The molecule has 1 aromatic rings. The van der Waals surface area contributed by atoms with Crippen LogP contribution in [0.4, 0.5) is 0 Å². The first-order valence-electron chi connectivity index (χ1n) is 7.67. The van der Waals surface area contributed by atoms with Crippen molar-refractivity contribution in [1.82, 2.24) is 9.62 Å². The molecule has 1 aliphatic rings. The summed E-state index contributed by atoms with van der Waals surface area (Å²) in [6.07, 6.45) is 2.12. The van der Waals surface area contributed by atoms with E-state index in [1.807, 2.05) is 6.92 Å². The second kappa shape index (κ2) is 7.99. The van der Waals surface area contributed by atoms with Gasteiger partial charge >= 0.3 is 0 Å². The van der Waals surface area contributed by atoms with Gasteiger partial charge < -0.3 is 4.90 Å². The van der Waals surface area contributed by atoms with Crippen molar-refractivity contribution in [2.45, 2.75) is 25.7 Å². The summed E-state index contributed by atoms with van der Waals surface area (Å²) in [6.45, 7) is 9.58. The fourth-order valence-electron chi connectivity index (χ4n) is 2.10. The van der Waals surface area contributed by atoms with Crippen molar-refractivity contribution in [3.05, 3.63) is 40.8 Å². The van der Waals surface area contributed by atoms with Gasteiger partial charge in [0, 0.05) is 11.4 Å². The lowest BCUT2D eigenvalue weighted by molar-refractivity contribution is 0.337. The van der Waals surface area contributed by atoms with Gasteiger partial charge in [-0.1, -0.05) is 49.4 Å². The van der Waals surface area contributed by atoms with Crippen LogP contribution >= 0.6 is 11.8 Å².